The lowest BCUT2D eigenvalue weighted by atomic mass is 9.87. The predicted octanol–water partition coefficient (Wildman–Crippen LogP) is 3.63. The minimum absolute atomic E-state index is 0.339. The second-order valence-corrected chi connectivity index (χ2v) is 5.07. The lowest BCUT2D eigenvalue weighted by Crippen LogP contribution is -2.34. The number of nitrogens with zero attached hydrogens (tertiary/aromatic N) is 1. The van der Waals surface area contributed by atoms with Crippen LogP contribution in [0, 0.1) is 5.92 Å². The average molecular weight is 273 g/mol. The molecule has 1 aliphatic rings. The van der Waals surface area contributed by atoms with Crippen molar-refractivity contribution in [3.63, 3.8) is 0 Å². The number of carboxylic acids is 1. The Bertz CT molecular complexity index is 548. The molecule has 0 bridgehead atoms. The van der Waals surface area contributed by atoms with Gasteiger partial charge >= 0.3 is 5.97 Å². The fourth-order valence-corrected chi connectivity index (χ4v) is 2.49. The molecule has 0 spiro atoms. The summed E-state index contributed by atoms with van der Waals surface area (Å²) < 4.78 is 0. The van der Waals surface area contributed by atoms with Crippen LogP contribution in [0.3, 0.4) is 0 Å². The predicted molar refractivity (Wildman–Crippen MR) is 77.8 cm³/mol. The summed E-state index contributed by atoms with van der Waals surface area (Å²) in [6, 6.07) is 6.95. The molecule has 1 unspecified atom stereocenters. The zero-order valence-electron chi connectivity index (χ0n) is 11.6. The largest absolute Gasteiger partial charge is 0.480 e. The Morgan fingerprint density at radius 3 is 2.70 bits per heavy atom. The van der Waals surface area contributed by atoms with Gasteiger partial charge in [-0.25, -0.2) is 0 Å². The summed E-state index contributed by atoms with van der Waals surface area (Å²) in [5.74, 6) is -2.54. The number of carbonyl (C=O) groups excluding carboxylic acids is 1. The fourth-order valence-electron chi connectivity index (χ4n) is 2.49. The van der Waals surface area contributed by atoms with E-state index in [1.165, 1.54) is 0 Å². The van der Waals surface area contributed by atoms with Gasteiger partial charge in [0.1, 0.15) is 0 Å². The van der Waals surface area contributed by atoms with E-state index in [1.54, 1.807) is 18.2 Å². The molecule has 0 aliphatic carbocycles. The maximum Gasteiger partial charge on any atom is 0.320 e. The summed E-state index contributed by atoms with van der Waals surface area (Å²) in [7, 11) is 0. The van der Waals surface area contributed by atoms with Crippen LogP contribution in [-0.4, -0.2) is 22.6 Å². The molecule has 1 aromatic rings. The van der Waals surface area contributed by atoms with Gasteiger partial charge in [0.05, 0.1) is 5.69 Å². The van der Waals surface area contributed by atoms with Crippen molar-refractivity contribution in [2.45, 2.75) is 39.0 Å². The molecule has 0 saturated carbocycles. The van der Waals surface area contributed by atoms with Crippen molar-refractivity contribution >= 4 is 23.2 Å². The van der Waals surface area contributed by atoms with Gasteiger partial charge in [0.2, 0.25) is 0 Å². The van der Waals surface area contributed by atoms with Gasteiger partial charge in [-0.15, -0.1) is 0 Å². The van der Waals surface area contributed by atoms with Crippen molar-refractivity contribution in [2.75, 3.05) is 0 Å². The number of unbranched alkanes of at least 4 members (excludes halogenated alkanes) is 3. The number of ketones is 1. The molecule has 0 aromatic heterocycles. The highest BCUT2D eigenvalue weighted by atomic mass is 16.4. The van der Waals surface area contributed by atoms with Crippen LogP contribution in [0.1, 0.15) is 49.4 Å². The lowest BCUT2D eigenvalue weighted by molar-refractivity contribution is -0.138. The van der Waals surface area contributed by atoms with Crippen molar-refractivity contribution in [3.8, 4) is 0 Å². The van der Waals surface area contributed by atoms with Gasteiger partial charge in [-0.3, -0.25) is 14.6 Å². The molecule has 1 aromatic carbocycles. The number of aliphatic imine (C=N–C) groups is 1. The van der Waals surface area contributed by atoms with Crippen molar-refractivity contribution in [1.29, 1.82) is 0 Å². The average Bonchev–Trinajstić information content (AvgIpc) is 2.43. The summed E-state index contributed by atoms with van der Waals surface area (Å²) in [4.78, 5) is 28.1. The van der Waals surface area contributed by atoms with Gasteiger partial charge < -0.3 is 5.11 Å². The zero-order valence-corrected chi connectivity index (χ0v) is 11.6. The van der Waals surface area contributed by atoms with Crippen molar-refractivity contribution in [1.82, 2.24) is 0 Å². The molecule has 0 amide bonds. The van der Waals surface area contributed by atoms with Crippen LogP contribution in [0.5, 0.6) is 0 Å². The first-order chi connectivity index (χ1) is 9.65. The van der Waals surface area contributed by atoms with Crippen LogP contribution in [-0.2, 0) is 4.79 Å². The molecule has 1 atom stereocenters. The molecule has 106 valence electrons. The van der Waals surface area contributed by atoms with Crippen LogP contribution in [0.25, 0.3) is 0 Å². The van der Waals surface area contributed by atoms with Gasteiger partial charge in [0, 0.05) is 11.3 Å². The number of fused-ring (bicyclic) bond motifs is 1. The first kappa shape index (κ1) is 14.4. The Labute approximate surface area is 118 Å². The summed E-state index contributed by atoms with van der Waals surface area (Å²) >= 11 is 0. The summed E-state index contributed by atoms with van der Waals surface area (Å²) in [5, 5.41) is 9.31. The van der Waals surface area contributed by atoms with Crippen LogP contribution < -0.4 is 0 Å². The van der Waals surface area contributed by atoms with E-state index in [1.807, 2.05) is 6.07 Å². The smallest absolute Gasteiger partial charge is 0.320 e. The highest BCUT2D eigenvalue weighted by Gasteiger charge is 2.36. The Morgan fingerprint density at radius 1 is 1.25 bits per heavy atom. The number of aliphatic carboxylic acids is 1. The van der Waals surface area contributed by atoms with E-state index in [-0.39, 0.29) is 5.78 Å². The molecule has 1 N–H and O–H groups in total. The van der Waals surface area contributed by atoms with Gasteiger partial charge in [-0.05, 0) is 25.0 Å². The molecular weight excluding hydrogens is 254 g/mol. The fraction of sp³-hybridized carbons (Fsp3) is 0.438. The number of rotatable bonds is 6. The Balaban J connectivity index is 2.24. The van der Waals surface area contributed by atoms with E-state index in [4.69, 9.17) is 0 Å². The van der Waals surface area contributed by atoms with Crippen molar-refractivity contribution in [2.24, 2.45) is 10.9 Å². The molecule has 0 fully saturated rings. The number of carbonyl (C=O) groups is 2. The molecule has 0 saturated heterocycles. The Kier molecular flexibility index (Phi) is 4.66. The zero-order chi connectivity index (χ0) is 14.5. The standard InChI is InChI=1S/C16H19NO3/c1-2-3-4-5-10-13-14(16(19)20)15(18)11-8-6-7-9-12(11)17-13/h6-9,14H,2-5,10H2,1H3,(H,19,20). The van der Waals surface area contributed by atoms with Crippen LogP contribution in [0.2, 0.25) is 0 Å². The van der Waals surface area contributed by atoms with E-state index < -0.39 is 11.9 Å². The molecule has 1 heterocycles. The number of carboxylic acid groups (broad SMARTS) is 1. The van der Waals surface area contributed by atoms with Crippen LogP contribution in [0.15, 0.2) is 29.3 Å². The summed E-state index contributed by atoms with van der Waals surface area (Å²) in [5.41, 5.74) is 1.51. The SMILES string of the molecule is CCCCCCC1=Nc2ccccc2C(=O)C1C(=O)O. The second kappa shape index (κ2) is 6.46. The number of para-hydroxylation sites is 1. The quantitative estimate of drug-likeness (QED) is 0.635. The minimum atomic E-state index is -1.11. The van der Waals surface area contributed by atoms with Gasteiger partial charge in [0.15, 0.2) is 11.7 Å². The first-order valence-corrected chi connectivity index (χ1v) is 7.08. The van der Waals surface area contributed by atoms with Gasteiger partial charge in [-0.1, -0.05) is 38.3 Å². The maximum absolute atomic E-state index is 12.3. The third kappa shape index (κ3) is 2.95. The molecule has 4 nitrogen and oxygen atoms in total. The van der Waals surface area contributed by atoms with Gasteiger partial charge in [0.25, 0.3) is 0 Å². The van der Waals surface area contributed by atoms with Crippen molar-refractivity contribution in [3.05, 3.63) is 29.8 Å². The molecule has 0 radical (unpaired) electrons. The number of hydrogen-bond acceptors (Lipinski definition) is 3. The Morgan fingerprint density at radius 2 is 2.00 bits per heavy atom. The lowest BCUT2D eigenvalue weighted by Gasteiger charge is -2.20. The summed E-state index contributed by atoms with van der Waals surface area (Å²) in [6.07, 6.45) is 4.74. The molecule has 1 aliphatic heterocycles. The molecule has 4 heteroatoms. The van der Waals surface area contributed by atoms with Crippen LogP contribution >= 0.6 is 0 Å². The first-order valence-electron chi connectivity index (χ1n) is 7.08. The summed E-state index contributed by atoms with van der Waals surface area (Å²) in [6.45, 7) is 2.12. The third-order valence-electron chi connectivity index (χ3n) is 3.56. The second-order valence-electron chi connectivity index (χ2n) is 5.07. The number of benzene rings is 1. The number of Topliss-reactive ketones (excluding diaryl/α,β-unsaturated/α-hetero) is 1. The Hall–Kier alpha value is -1.97. The maximum atomic E-state index is 12.3. The molecule has 20 heavy (non-hydrogen) atoms. The normalized spacial score (nSPS) is 17.6. The van der Waals surface area contributed by atoms with Crippen LogP contribution in [0.4, 0.5) is 5.69 Å². The van der Waals surface area contributed by atoms with E-state index in [9.17, 15) is 14.7 Å². The highest BCUT2D eigenvalue weighted by Crippen LogP contribution is 2.30. The van der Waals surface area contributed by atoms with Crippen molar-refractivity contribution < 1.29 is 14.7 Å². The highest BCUT2D eigenvalue weighted by molar-refractivity contribution is 6.27. The number of hydrogen-bond donors (Lipinski definition) is 1. The third-order valence-corrected chi connectivity index (χ3v) is 3.56. The minimum Gasteiger partial charge on any atom is -0.480 e. The van der Waals surface area contributed by atoms with E-state index in [0.717, 1.165) is 25.7 Å². The topological polar surface area (TPSA) is 66.7 Å². The molecule has 2 rings (SSSR count). The van der Waals surface area contributed by atoms with Gasteiger partial charge in [-0.2, -0.15) is 0 Å². The van der Waals surface area contributed by atoms with E-state index in [2.05, 4.69) is 11.9 Å². The monoisotopic (exact) mass is 273 g/mol. The van der Waals surface area contributed by atoms with E-state index >= 15 is 0 Å². The molecular formula is C16H19NO3. The van der Waals surface area contributed by atoms with E-state index in [0.29, 0.717) is 23.4 Å².